The van der Waals surface area contributed by atoms with Crippen molar-refractivity contribution in [3.63, 3.8) is 0 Å². The van der Waals surface area contributed by atoms with Crippen LogP contribution in [-0.2, 0) is 10.2 Å². The number of carbonyl (C=O) groups excluding carboxylic acids is 1. The monoisotopic (exact) mass is 391 g/mol. The zero-order valence-electron chi connectivity index (χ0n) is 16.4. The summed E-state index contributed by atoms with van der Waals surface area (Å²) in [6.07, 6.45) is 3.92. The number of hydrogen-bond donors (Lipinski definition) is 0. The Morgan fingerprint density at radius 3 is 2.39 bits per heavy atom. The molecule has 28 heavy (non-hydrogen) atoms. The van der Waals surface area contributed by atoms with Crippen molar-refractivity contribution in [1.29, 1.82) is 0 Å². The van der Waals surface area contributed by atoms with Crippen molar-refractivity contribution in [2.75, 3.05) is 17.0 Å². The summed E-state index contributed by atoms with van der Waals surface area (Å²) in [7, 11) is 2.06. The molecule has 2 aliphatic heterocycles. The molecule has 2 aromatic carbocycles. The van der Waals surface area contributed by atoms with Crippen LogP contribution in [0.1, 0.15) is 26.3 Å². The van der Waals surface area contributed by atoms with E-state index in [4.69, 9.17) is 11.6 Å². The molecular formula is C23H22ClN3O. The number of anilines is 2. The summed E-state index contributed by atoms with van der Waals surface area (Å²) in [6.45, 7) is 6.27. The van der Waals surface area contributed by atoms with Gasteiger partial charge in [-0.25, -0.2) is 0 Å². The highest BCUT2D eigenvalue weighted by molar-refractivity contribution is 6.31. The predicted molar refractivity (Wildman–Crippen MR) is 116 cm³/mol. The van der Waals surface area contributed by atoms with Gasteiger partial charge in [0.1, 0.15) is 0 Å². The van der Waals surface area contributed by atoms with E-state index in [1.54, 1.807) is 24.3 Å². The van der Waals surface area contributed by atoms with Crippen LogP contribution in [-0.4, -0.2) is 18.7 Å². The van der Waals surface area contributed by atoms with Crippen LogP contribution in [0.25, 0.3) is 0 Å². The Morgan fingerprint density at radius 1 is 1.04 bits per heavy atom. The molecular weight excluding hydrogens is 370 g/mol. The SMILES string of the molecule is CC1=NN(c2ccc(Cl)cc2)C(=O)/C1=C/C=C1/N(C)c2ccccc2C1(C)C. The van der Waals surface area contributed by atoms with Crippen molar-refractivity contribution in [2.45, 2.75) is 26.2 Å². The van der Waals surface area contributed by atoms with Crippen LogP contribution in [0.2, 0.25) is 5.02 Å². The van der Waals surface area contributed by atoms with E-state index in [2.05, 4.69) is 49.1 Å². The number of likely N-dealkylation sites (N-methyl/N-ethyl adjacent to an activating group) is 1. The molecule has 1 amide bonds. The number of hydrogen-bond acceptors (Lipinski definition) is 3. The molecule has 2 aliphatic rings. The number of allylic oxidation sites excluding steroid dienone is 3. The summed E-state index contributed by atoms with van der Waals surface area (Å²) in [5, 5.41) is 6.49. The second kappa shape index (κ2) is 6.64. The van der Waals surface area contributed by atoms with E-state index < -0.39 is 0 Å². The maximum Gasteiger partial charge on any atom is 0.280 e. The molecule has 0 spiro atoms. The van der Waals surface area contributed by atoms with E-state index in [-0.39, 0.29) is 11.3 Å². The van der Waals surface area contributed by atoms with Gasteiger partial charge in [-0.05, 0) is 55.0 Å². The Hall–Kier alpha value is -2.85. The fraction of sp³-hybridized carbons (Fsp3) is 0.217. The molecule has 0 aromatic heterocycles. The standard InChI is InChI=1S/C23H22ClN3O/c1-15-18(22(28)27(25-15)17-11-9-16(24)10-12-17)13-14-21-23(2,3)19-7-5-6-8-20(19)26(21)4/h5-14H,1-4H3/b18-13+,21-14+. The Labute approximate surface area is 170 Å². The van der Waals surface area contributed by atoms with Gasteiger partial charge in [-0.1, -0.05) is 43.6 Å². The van der Waals surface area contributed by atoms with Crippen molar-refractivity contribution >= 4 is 34.6 Å². The number of para-hydroxylation sites is 1. The smallest absolute Gasteiger partial charge is 0.280 e. The normalized spacial score (nSPS) is 20.9. The Morgan fingerprint density at radius 2 is 1.71 bits per heavy atom. The van der Waals surface area contributed by atoms with Crippen molar-refractivity contribution in [3.05, 3.63) is 82.5 Å². The van der Waals surface area contributed by atoms with Gasteiger partial charge in [-0.3, -0.25) is 4.79 Å². The number of nitrogens with zero attached hydrogens (tertiary/aromatic N) is 3. The number of benzene rings is 2. The average Bonchev–Trinajstić information content (AvgIpc) is 3.06. The summed E-state index contributed by atoms with van der Waals surface area (Å²) < 4.78 is 0. The van der Waals surface area contributed by atoms with Crippen LogP contribution in [0, 0.1) is 0 Å². The van der Waals surface area contributed by atoms with E-state index in [1.165, 1.54) is 16.3 Å². The second-order valence-corrected chi connectivity index (χ2v) is 8.05. The first-order valence-corrected chi connectivity index (χ1v) is 9.60. The average molecular weight is 392 g/mol. The summed E-state index contributed by atoms with van der Waals surface area (Å²) in [6, 6.07) is 15.5. The maximum atomic E-state index is 12.9. The van der Waals surface area contributed by atoms with E-state index in [0.29, 0.717) is 22.0 Å². The van der Waals surface area contributed by atoms with Gasteiger partial charge in [-0.15, -0.1) is 0 Å². The molecule has 2 heterocycles. The topological polar surface area (TPSA) is 35.9 Å². The van der Waals surface area contributed by atoms with E-state index in [1.807, 2.05) is 25.1 Å². The number of halogens is 1. The number of hydrazone groups is 1. The molecule has 5 heteroatoms. The first-order chi connectivity index (χ1) is 13.3. The van der Waals surface area contributed by atoms with Crippen LogP contribution >= 0.6 is 11.6 Å². The Kier molecular flexibility index (Phi) is 4.39. The lowest BCUT2D eigenvalue weighted by atomic mass is 9.83. The molecule has 0 atom stereocenters. The number of carbonyl (C=O) groups is 1. The molecule has 0 N–H and O–H groups in total. The minimum absolute atomic E-state index is 0.132. The molecule has 2 aromatic rings. The summed E-state index contributed by atoms with van der Waals surface area (Å²) in [5.41, 5.74) is 5.50. The molecule has 0 saturated heterocycles. The van der Waals surface area contributed by atoms with Gasteiger partial charge in [0.25, 0.3) is 5.91 Å². The van der Waals surface area contributed by atoms with Gasteiger partial charge in [0, 0.05) is 28.9 Å². The molecule has 4 rings (SSSR count). The lowest BCUT2D eigenvalue weighted by Gasteiger charge is -2.23. The Balaban J connectivity index is 1.68. The van der Waals surface area contributed by atoms with Crippen molar-refractivity contribution in [1.82, 2.24) is 0 Å². The lowest BCUT2D eigenvalue weighted by molar-refractivity contribution is -0.114. The largest absolute Gasteiger partial charge is 0.347 e. The van der Waals surface area contributed by atoms with Crippen LogP contribution < -0.4 is 9.91 Å². The fourth-order valence-corrected chi connectivity index (χ4v) is 4.06. The lowest BCUT2D eigenvalue weighted by Crippen LogP contribution is -2.23. The van der Waals surface area contributed by atoms with E-state index in [0.717, 1.165) is 5.70 Å². The maximum absolute atomic E-state index is 12.9. The van der Waals surface area contributed by atoms with Crippen LogP contribution in [0.3, 0.4) is 0 Å². The first kappa shape index (κ1) is 18.5. The number of fused-ring (bicyclic) bond motifs is 1. The van der Waals surface area contributed by atoms with E-state index in [9.17, 15) is 4.79 Å². The predicted octanol–water partition coefficient (Wildman–Crippen LogP) is 5.30. The zero-order valence-corrected chi connectivity index (χ0v) is 17.2. The molecule has 0 unspecified atom stereocenters. The summed E-state index contributed by atoms with van der Waals surface area (Å²) >= 11 is 5.95. The van der Waals surface area contributed by atoms with Crippen LogP contribution in [0.15, 0.2) is 77.1 Å². The first-order valence-electron chi connectivity index (χ1n) is 9.22. The van der Waals surface area contributed by atoms with Crippen molar-refractivity contribution in [3.8, 4) is 0 Å². The quantitative estimate of drug-likeness (QED) is 0.651. The minimum Gasteiger partial charge on any atom is -0.347 e. The van der Waals surface area contributed by atoms with Gasteiger partial charge in [0.05, 0.1) is 17.0 Å². The van der Waals surface area contributed by atoms with Gasteiger partial charge < -0.3 is 4.90 Å². The third-order valence-corrected chi connectivity index (χ3v) is 5.73. The summed E-state index contributed by atoms with van der Waals surface area (Å²) in [5.74, 6) is -0.132. The highest BCUT2D eigenvalue weighted by atomic mass is 35.5. The van der Waals surface area contributed by atoms with Crippen molar-refractivity contribution < 1.29 is 4.79 Å². The number of rotatable bonds is 2. The third kappa shape index (κ3) is 2.85. The fourth-order valence-electron chi connectivity index (χ4n) is 3.93. The highest BCUT2D eigenvalue weighted by Gasteiger charge is 2.38. The molecule has 0 saturated carbocycles. The zero-order chi connectivity index (χ0) is 20.1. The Bertz CT molecular complexity index is 1050. The highest BCUT2D eigenvalue weighted by Crippen LogP contribution is 2.46. The van der Waals surface area contributed by atoms with Gasteiger partial charge >= 0.3 is 0 Å². The number of amides is 1. The molecule has 0 radical (unpaired) electrons. The molecule has 0 fully saturated rings. The van der Waals surface area contributed by atoms with E-state index >= 15 is 0 Å². The van der Waals surface area contributed by atoms with Gasteiger partial charge in [0.15, 0.2) is 0 Å². The second-order valence-electron chi connectivity index (χ2n) is 7.61. The molecule has 0 bridgehead atoms. The van der Waals surface area contributed by atoms with Gasteiger partial charge in [0.2, 0.25) is 0 Å². The van der Waals surface area contributed by atoms with Crippen LogP contribution in [0.4, 0.5) is 11.4 Å². The van der Waals surface area contributed by atoms with Crippen molar-refractivity contribution in [2.24, 2.45) is 5.10 Å². The van der Waals surface area contributed by atoms with Gasteiger partial charge in [-0.2, -0.15) is 10.1 Å². The molecule has 142 valence electrons. The minimum atomic E-state index is -0.134. The summed E-state index contributed by atoms with van der Waals surface area (Å²) in [4.78, 5) is 15.1. The third-order valence-electron chi connectivity index (χ3n) is 5.48. The molecule has 4 nitrogen and oxygen atoms in total. The van der Waals surface area contributed by atoms with Crippen LogP contribution in [0.5, 0.6) is 0 Å². The molecule has 0 aliphatic carbocycles.